The second-order valence-corrected chi connectivity index (χ2v) is 4.06. The largest absolute Gasteiger partial charge is 0.393 e. The van der Waals surface area contributed by atoms with Crippen LogP contribution in [0, 0.1) is 0 Å². The van der Waals surface area contributed by atoms with Crippen molar-refractivity contribution >= 4 is 0 Å². The molecule has 0 saturated carbocycles. The zero-order valence-corrected chi connectivity index (χ0v) is 10.0. The van der Waals surface area contributed by atoms with Crippen LogP contribution in [0.25, 0.3) is 0 Å². The molecule has 0 amide bonds. The molecule has 86 valence electrons. The standard InChI is InChI=1S/C12H22N2O/c1-4-10-9-11(14(3)13-10)7-6-8-12(15)5-2/h9,12,15H,4-8H2,1-3H3. The monoisotopic (exact) mass is 210 g/mol. The van der Waals surface area contributed by atoms with Gasteiger partial charge in [-0.05, 0) is 38.2 Å². The molecule has 0 aliphatic heterocycles. The smallest absolute Gasteiger partial charge is 0.0624 e. The molecule has 0 aromatic carbocycles. The predicted molar refractivity (Wildman–Crippen MR) is 61.8 cm³/mol. The number of aromatic nitrogens is 2. The summed E-state index contributed by atoms with van der Waals surface area (Å²) in [4.78, 5) is 0. The molecule has 0 saturated heterocycles. The van der Waals surface area contributed by atoms with Crippen LogP contribution in [0.15, 0.2) is 6.07 Å². The van der Waals surface area contributed by atoms with Crippen molar-refractivity contribution in [3.05, 3.63) is 17.5 Å². The second-order valence-electron chi connectivity index (χ2n) is 4.06. The molecule has 0 spiro atoms. The Kier molecular flexibility index (Phi) is 4.82. The van der Waals surface area contributed by atoms with Gasteiger partial charge in [0, 0.05) is 12.7 Å². The zero-order valence-electron chi connectivity index (χ0n) is 10.0. The Hall–Kier alpha value is -0.830. The summed E-state index contributed by atoms with van der Waals surface area (Å²) < 4.78 is 1.96. The van der Waals surface area contributed by atoms with Crippen molar-refractivity contribution in [3.8, 4) is 0 Å². The van der Waals surface area contributed by atoms with Crippen molar-refractivity contribution < 1.29 is 5.11 Å². The summed E-state index contributed by atoms with van der Waals surface area (Å²) in [7, 11) is 1.99. The summed E-state index contributed by atoms with van der Waals surface area (Å²) in [6, 6.07) is 2.17. The molecule has 1 aromatic heterocycles. The van der Waals surface area contributed by atoms with Gasteiger partial charge in [-0.15, -0.1) is 0 Å². The second kappa shape index (κ2) is 5.91. The lowest BCUT2D eigenvalue weighted by Gasteiger charge is -2.06. The van der Waals surface area contributed by atoms with Crippen LogP contribution in [0.1, 0.15) is 44.5 Å². The summed E-state index contributed by atoms with van der Waals surface area (Å²) in [5.74, 6) is 0. The highest BCUT2D eigenvalue weighted by atomic mass is 16.3. The fraction of sp³-hybridized carbons (Fsp3) is 0.750. The predicted octanol–water partition coefficient (Wildman–Crippen LogP) is 2.08. The number of hydrogen-bond acceptors (Lipinski definition) is 2. The van der Waals surface area contributed by atoms with E-state index in [1.807, 2.05) is 18.7 Å². The van der Waals surface area contributed by atoms with Crippen molar-refractivity contribution in [1.29, 1.82) is 0 Å². The maximum Gasteiger partial charge on any atom is 0.0624 e. The van der Waals surface area contributed by atoms with Crippen LogP contribution in [0.2, 0.25) is 0 Å². The number of rotatable bonds is 6. The molecule has 1 atom stereocenters. The van der Waals surface area contributed by atoms with Gasteiger partial charge in [0.2, 0.25) is 0 Å². The summed E-state index contributed by atoms with van der Waals surface area (Å²) in [6.45, 7) is 4.14. The normalized spacial score (nSPS) is 13.1. The van der Waals surface area contributed by atoms with E-state index in [-0.39, 0.29) is 6.10 Å². The lowest BCUT2D eigenvalue weighted by atomic mass is 10.1. The molecular weight excluding hydrogens is 188 g/mol. The molecule has 3 nitrogen and oxygen atoms in total. The van der Waals surface area contributed by atoms with Gasteiger partial charge < -0.3 is 5.11 Å². The molecule has 1 N–H and O–H groups in total. The first-order chi connectivity index (χ1) is 7.17. The van der Waals surface area contributed by atoms with Gasteiger partial charge >= 0.3 is 0 Å². The number of aliphatic hydroxyl groups is 1. The quantitative estimate of drug-likeness (QED) is 0.780. The van der Waals surface area contributed by atoms with Gasteiger partial charge in [0.05, 0.1) is 11.8 Å². The first kappa shape index (κ1) is 12.2. The molecule has 15 heavy (non-hydrogen) atoms. The maximum absolute atomic E-state index is 9.43. The van der Waals surface area contributed by atoms with E-state index in [2.05, 4.69) is 18.1 Å². The molecule has 0 fully saturated rings. The highest BCUT2D eigenvalue weighted by Crippen LogP contribution is 2.10. The molecule has 1 heterocycles. The SMILES string of the molecule is CCc1cc(CCCC(O)CC)n(C)n1. The van der Waals surface area contributed by atoms with E-state index in [1.165, 1.54) is 5.69 Å². The number of aliphatic hydroxyl groups excluding tert-OH is 1. The fourth-order valence-corrected chi connectivity index (χ4v) is 1.70. The van der Waals surface area contributed by atoms with Gasteiger partial charge in [-0.25, -0.2) is 0 Å². The van der Waals surface area contributed by atoms with Crippen LogP contribution in [0.5, 0.6) is 0 Å². The van der Waals surface area contributed by atoms with Gasteiger partial charge in [0.15, 0.2) is 0 Å². The van der Waals surface area contributed by atoms with Crippen molar-refractivity contribution in [2.75, 3.05) is 0 Å². The van der Waals surface area contributed by atoms with Gasteiger partial charge in [-0.3, -0.25) is 4.68 Å². The Morgan fingerprint density at radius 2 is 2.20 bits per heavy atom. The van der Waals surface area contributed by atoms with Crippen molar-refractivity contribution in [3.63, 3.8) is 0 Å². The van der Waals surface area contributed by atoms with Crippen LogP contribution in [-0.4, -0.2) is 21.0 Å². The number of aryl methyl sites for hydroxylation is 3. The van der Waals surface area contributed by atoms with Gasteiger partial charge in [0.1, 0.15) is 0 Å². The van der Waals surface area contributed by atoms with Crippen LogP contribution < -0.4 is 0 Å². The van der Waals surface area contributed by atoms with E-state index in [4.69, 9.17) is 0 Å². The van der Waals surface area contributed by atoms with Gasteiger partial charge in [0.25, 0.3) is 0 Å². The molecule has 1 aromatic rings. The average molecular weight is 210 g/mol. The Morgan fingerprint density at radius 3 is 2.73 bits per heavy atom. The third-order valence-corrected chi connectivity index (χ3v) is 2.83. The van der Waals surface area contributed by atoms with Crippen LogP contribution in [0.3, 0.4) is 0 Å². The van der Waals surface area contributed by atoms with E-state index in [0.29, 0.717) is 0 Å². The van der Waals surface area contributed by atoms with E-state index >= 15 is 0 Å². The minimum absolute atomic E-state index is 0.135. The minimum Gasteiger partial charge on any atom is -0.393 e. The zero-order chi connectivity index (χ0) is 11.3. The first-order valence-corrected chi connectivity index (χ1v) is 5.87. The third-order valence-electron chi connectivity index (χ3n) is 2.83. The summed E-state index contributed by atoms with van der Waals surface area (Å²) in [5.41, 5.74) is 2.43. The molecule has 3 heteroatoms. The van der Waals surface area contributed by atoms with Crippen molar-refractivity contribution in [2.45, 2.75) is 52.1 Å². The molecule has 1 rings (SSSR count). The minimum atomic E-state index is -0.135. The number of nitrogens with zero attached hydrogens (tertiary/aromatic N) is 2. The van der Waals surface area contributed by atoms with Gasteiger partial charge in [-0.1, -0.05) is 13.8 Å². The molecule has 0 radical (unpaired) electrons. The first-order valence-electron chi connectivity index (χ1n) is 5.87. The van der Waals surface area contributed by atoms with E-state index < -0.39 is 0 Å². The topological polar surface area (TPSA) is 38.0 Å². The lowest BCUT2D eigenvalue weighted by Crippen LogP contribution is -2.05. The molecular formula is C12H22N2O. The summed E-state index contributed by atoms with van der Waals surface area (Å²) in [6.07, 6.45) is 4.65. The van der Waals surface area contributed by atoms with Gasteiger partial charge in [-0.2, -0.15) is 5.10 Å². The van der Waals surface area contributed by atoms with Crippen molar-refractivity contribution in [2.24, 2.45) is 7.05 Å². The van der Waals surface area contributed by atoms with Crippen LogP contribution >= 0.6 is 0 Å². The van der Waals surface area contributed by atoms with E-state index in [1.54, 1.807) is 0 Å². The van der Waals surface area contributed by atoms with E-state index in [0.717, 1.165) is 37.8 Å². The number of hydrogen-bond donors (Lipinski definition) is 1. The Bertz CT molecular complexity index is 294. The fourth-order valence-electron chi connectivity index (χ4n) is 1.70. The van der Waals surface area contributed by atoms with Crippen LogP contribution in [-0.2, 0) is 19.9 Å². The molecule has 1 unspecified atom stereocenters. The molecule has 0 aliphatic carbocycles. The van der Waals surface area contributed by atoms with Crippen LogP contribution in [0.4, 0.5) is 0 Å². The maximum atomic E-state index is 9.43. The molecule has 0 aliphatic rings. The highest BCUT2D eigenvalue weighted by Gasteiger charge is 2.05. The third kappa shape index (κ3) is 3.67. The Morgan fingerprint density at radius 1 is 1.47 bits per heavy atom. The summed E-state index contributed by atoms with van der Waals surface area (Å²) >= 11 is 0. The van der Waals surface area contributed by atoms with E-state index in [9.17, 15) is 5.11 Å². The lowest BCUT2D eigenvalue weighted by molar-refractivity contribution is 0.157. The average Bonchev–Trinajstić information content (AvgIpc) is 2.59. The highest BCUT2D eigenvalue weighted by molar-refractivity contribution is 5.10. The summed E-state index contributed by atoms with van der Waals surface area (Å²) in [5, 5.41) is 13.8. The molecule has 0 bridgehead atoms. The van der Waals surface area contributed by atoms with Crippen molar-refractivity contribution in [1.82, 2.24) is 9.78 Å². The Balaban J connectivity index is 2.40. The Labute approximate surface area is 92.1 Å².